The van der Waals surface area contributed by atoms with E-state index in [9.17, 15) is 4.79 Å². The summed E-state index contributed by atoms with van der Waals surface area (Å²) in [5.74, 6) is -0.536. The van der Waals surface area contributed by atoms with E-state index < -0.39 is 5.97 Å². The third-order valence-corrected chi connectivity index (χ3v) is 2.92. The van der Waals surface area contributed by atoms with Crippen LogP contribution in [0.2, 0.25) is 0 Å². The fraction of sp³-hybridized carbons (Fsp3) is 0.0714. The van der Waals surface area contributed by atoms with Crippen LogP contribution in [0.1, 0.15) is 16.1 Å². The van der Waals surface area contributed by atoms with Gasteiger partial charge in [-0.15, -0.1) is 0 Å². The second kappa shape index (κ2) is 3.77. The van der Waals surface area contributed by atoms with Crippen LogP contribution in [0.15, 0.2) is 47.0 Å². The predicted molar refractivity (Wildman–Crippen MR) is 66.8 cm³/mol. The van der Waals surface area contributed by atoms with Gasteiger partial charge in [-0.05, 0) is 42.8 Å². The van der Waals surface area contributed by atoms with Gasteiger partial charge in [-0.25, -0.2) is 4.79 Å². The standard InChI is InChI=1S/C14H11NO3/c1-9-8-10-4-2-3-7-15(10)13(9)11-5-6-12(18-11)14(16)17/h2-8H,1H3,(H,16,17). The molecule has 4 heteroatoms. The van der Waals surface area contributed by atoms with Crippen molar-refractivity contribution in [1.29, 1.82) is 0 Å². The number of fused-ring (bicyclic) bond motifs is 1. The van der Waals surface area contributed by atoms with Crippen molar-refractivity contribution in [3.8, 4) is 11.5 Å². The Morgan fingerprint density at radius 2 is 2.11 bits per heavy atom. The minimum absolute atomic E-state index is 0.0460. The van der Waals surface area contributed by atoms with Gasteiger partial charge in [-0.2, -0.15) is 0 Å². The average molecular weight is 241 g/mol. The van der Waals surface area contributed by atoms with Crippen molar-refractivity contribution >= 4 is 11.5 Å². The molecule has 0 aliphatic rings. The first-order valence-electron chi connectivity index (χ1n) is 5.57. The molecule has 0 saturated heterocycles. The summed E-state index contributed by atoms with van der Waals surface area (Å²) in [5.41, 5.74) is 2.99. The third-order valence-electron chi connectivity index (χ3n) is 2.92. The summed E-state index contributed by atoms with van der Waals surface area (Å²) in [6.07, 6.45) is 1.93. The topological polar surface area (TPSA) is 54.9 Å². The molecule has 0 aliphatic carbocycles. The highest BCUT2D eigenvalue weighted by Gasteiger charge is 2.15. The molecule has 3 aromatic rings. The van der Waals surface area contributed by atoms with Crippen molar-refractivity contribution < 1.29 is 14.3 Å². The number of nitrogens with zero attached hydrogens (tertiary/aromatic N) is 1. The van der Waals surface area contributed by atoms with Crippen LogP contribution in [0.25, 0.3) is 17.0 Å². The lowest BCUT2D eigenvalue weighted by Gasteiger charge is -2.00. The third kappa shape index (κ3) is 1.50. The van der Waals surface area contributed by atoms with Gasteiger partial charge in [0, 0.05) is 11.7 Å². The molecule has 4 nitrogen and oxygen atoms in total. The zero-order chi connectivity index (χ0) is 12.7. The number of hydrogen-bond acceptors (Lipinski definition) is 2. The van der Waals surface area contributed by atoms with Gasteiger partial charge < -0.3 is 13.9 Å². The van der Waals surface area contributed by atoms with E-state index in [-0.39, 0.29) is 5.76 Å². The van der Waals surface area contributed by atoms with E-state index in [0.717, 1.165) is 16.8 Å². The summed E-state index contributed by atoms with van der Waals surface area (Å²) in [4.78, 5) is 10.8. The lowest BCUT2D eigenvalue weighted by molar-refractivity contribution is 0.0663. The number of carboxylic acid groups (broad SMARTS) is 1. The fourth-order valence-corrected chi connectivity index (χ4v) is 2.15. The molecule has 3 aromatic heterocycles. The van der Waals surface area contributed by atoms with E-state index in [1.807, 2.05) is 41.8 Å². The van der Waals surface area contributed by atoms with E-state index in [1.165, 1.54) is 6.07 Å². The summed E-state index contributed by atoms with van der Waals surface area (Å²) >= 11 is 0. The van der Waals surface area contributed by atoms with Crippen LogP contribution in [0.3, 0.4) is 0 Å². The Morgan fingerprint density at radius 3 is 2.83 bits per heavy atom. The fourth-order valence-electron chi connectivity index (χ4n) is 2.15. The lowest BCUT2D eigenvalue weighted by atomic mass is 10.2. The molecule has 3 heterocycles. The van der Waals surface area contributed by atoms with Crippen LogP contribution >= 0.6 is 0 Å². The minimum atomic E-state index is -1.06. The first-order chi connectivity index (χ1) is 8.66. The Bertz CT molecular complexity index is 736. The minimum Gasteiger partial charge on any atom is -0.475 e. The summed E-state index contributed by atoms with van der Waals surface area (Å²) in [7, 11) is 0. The maximum absolute atomic E-state index is 10.8. The molecule has 0 aliphatic heterocycles. The van der Waals surface area contributed by atoms with E-state index in [4.69, 9.17) is 9.52 Å². The summed E-state index contributed by atoms with van der Waals surface area (Å²) < 4.78 is 7.34. The zero-order valence-electron chi connectivity index (χ0n) is 9.75. The molecule has 0 bridgehead atoms. The van der Waals surface area contributed by atoms with Gasteiger partial charge in [0.05, 0.1) is 5.69 Å². The normalized spacial score (nSPS) is 10.9. The monoisotopic (exact) mass is 241 g/mol. The Kier molecular flexibility index (Phi) is 2.23. The van der Waals surface area contributed by atoms with Crippen molar-refractivity contribution in [2.45, 2.75) is 6.92 Å². The number of pyridine rings is 1. The summed E-state index contributed by atoms with van der Waals surface area (Å²) in [6.45, 7) is 1.98. The number of aryl methyl sites for hydroxylation is 1. The SMILES string of the molecule is Cc1cc2ccccn2c1-c1ccc(C(=O)O)o1. The van der Waals surface area contributed by atoms with Crippen molar-refractivity contribution in [2.24, 2.45) is 0 Å². The highest BCUT2D eigenvalue weighted by Crippen LogP contribution is 2.28. The summed E-state index contributed by atoms with van der Waals surface area (Å²) in [6, 6.07) is 11.1. The Morgan fingerprint density at radius 1 is 1.28 bits per heavy atom. The van der Waals surface area contributed by atoms with Gasteiger partial charge in [0.1, 0.15) is 0 Å². The maximum Gasteiger partial charge on any atom is 0.371 e. The molecule has 0 radical (unpaired) electrons. The number of carboxylic acids is 1. The second-order valence-corrected chi connectivity index (χ2v) is 4.14. The molecule has 0 aromatic carbocycles. The van der Waals surface area contributed by atoms with Crippen LogP contribution in [-0.2, 0) is 0 Å². The van der Waals surface area contributed by atoms with Crippen molar-refractivity contribution in [3.63, 3.8) is 0 Å². The quantitative estimate of drug-likeness (QED) is 0.749. The first kappa shape index (κ1) is 10.7. The molecule has 0 fully saturated rings. The van der Waals surface area contributed by atoms with Gasteiger partial charge in [0.15, 0.2) is 5.76 Å². The number of aromatic carboxylic acids is 1. The molecule has 0 atom stereocenters. The Balaban J connectivity index is 2.24. The number of aromatic nitrogens is 1. The summed E-state index contributed by atoms with van der Waals surface area (Å²) in [5, 5.41) is 8.88. The first-order valence-corrected chi connectivity index (χ1v) is 5.57. The van der Waals surface area contributed by atoms with E-state index in [1.54, 1.807) is 6.07 Å². The van der Waals surface area contributed by atoms with Crippen LogP contribution in [-0.4, -0.2) is 15.5 Å². The molecule has 0 spiro atoms. The molecule has 0 unspecified atom stereocenters. The Hall–Kier alpha value is -2.49. The van der Waals surface area contributed by atoms with E-state index >= 15 is 0 Å². The predicted octanol–water partition coefficient (Wildman–Crippen LogP) is 3.21. The maximum atomic E-state index is 10.8. The van der Waals surface area contributed by atoms with Crippen molar-refractivity contribution in [3.05, 3.63) is 53.9 Å². The molecule has 0 saturated carbocycles. The van der Waals surface area contributed by atoms with Gasteiger partial charge in [0.2, 0.25) is 5.76 Å². The lowest BCUT2D eigenvalue weighted by Crippen LogP contribution is -1.92. The molecule has 1 N–H and O–H groups in total. The van der Waals surface area contributed by atoms with Crippen molar-refractivity contribution in [1.82, 2.24) is 4.40 Å². The zero-order valence-corrected chi connectivity index (χ0v) is 9.75. The second-order valence-electron chi connectivity index (χ2n) is 4.14. The number of rotatable bonds is 2. The highest BCUT2D eigenvalue weighted by molar-refractivity contribution is 5.85. The van der Waals surface area contributed by atoms with E-state index in [0.29, 0.717) is 5.76 Å². The van der Waals surface area contributed by atoms with Gasteiger partial charge in [-0.1, -0.05) is 6.07 Å². The molecule has 3 rings (SSSR count). The molecule has 18 heavy (non-hydrogen) atoms. The molecule has 90 valence electrons. The van der Waals surface area contributed by atoms with Crippen LogP contribution in [0, 0.1) is 6.92 Å². The number of carbonyl (C=O) groups is 1. The number of furan rings is 1. The number of hydrogen-bond donors (Lipinski definition) is 1. The van der Waals surface area contributed by atoms with Crippen LogP contribution < -0.4 is 0 Å². The molecular weight excluding hydrogens is 230 g/mol. The van der Waals surface area contributed by atoms with Crippen LogP contribution in [0.4, 0.5) is 0 Å². The van der Waals surface area contributed by atoms with Crippen molar-refractivity contribution in [2.75, 3.05) is 0 Å². The van der Waals surface area contributed by atoms with Gasteiger partial charge in [-0.3, -0.25) is 0 Å². The van der Waals surface area contributed by atoms with Gasteiger partial charge in [0.25, 0.3) is 0 Å². The van der Waals surface area contributed by atoms with Gasteiger partial charge >= 0.3 is 5.97 Å². The highest BCUT2D eigenvalue weighted by atomic mass is 16.4. The van der Waals surface area contributed by atoms with Crippen LogP contribution in [0.5, 0.6) is 0 Å². The molecule has 0 amide bonds. The van der Waals surface area contributed by atoms with E-state index in [2.05, 4.69) is 0 Å². The smallest absolute Gasteiger partial charge is 0.371 e. The Labute approximate surface area is 103 Å². The average Bonchev–Trinajstić information content (AvgIpc) is 2.91. The largest absolute Gasteiger partial charge is 0.475 e. The molecular formula is C14H11NO3.